The van der Waals surface area contributed by atoms with Gasteiger partial charge < -0.3 is 9.84 Å². The van der Waals surface area contributed by atoms with Gasteiger partial charge in [-0.05, 0) is 54.8 Å². The number of aliphatic hydroxyl groups is 1. The van der Waals surface area contributed by atoms with Crippen LogP contribution in [0.4, 0.5) is 0 Å². The van der Waals surface area contributed by atoms with Crippen molar-refractivity contribution in [1.82, 2.24) is 0 Å². The lowest BCUT2D eigenvalue weighted by Gasteiger charge is -2.07. The van der Waals surface area contributed by atoms with Crippen molar-refractivity contribution in [1.29, 1.82) is 0 Å². The van der Waals surface area contributed by atoms with Crippen LogP contribution in [0, 0.1) is 0 Å². The topological polar surface area (TPSA) is 29.5 Å². The van der Waals surface area contributed by atoms with Crippen LogP contribution in [0.25, 0.3) is 0 Å². The van der Waals surface area contributed by atoms with Crippen LogP contribution in [0.3, 0.4) is 0 Å². The Hall–Kier alpha value is -1.51. The van der Waals surface area contributed by atoms with Gasteiger partial charge >= 0.3 is 0 Å². The number of benzene rings is 2. The van der Waals surface area contributed by atoms with Crippen molar-refractivity contribution < 1.29 is 9.84 Å². The Morgan fingerprint density at radius 2 is 1.78 bits per heavy atom. The van der Waals surface area contributed by atoms with Gasteiger partial charge in [-0.1, -0.05) is 23.7 Å². The fraction of sp³-hybridized carbons (Fsp3) is 0.200. The largest absolute Gasteiger partial charge is 0.457 e. The summed E-state index contributed by atoms with van der Waals surface area (Å²) in [5, 5.41) is 9.51. The van der Waals surface area contributed by atoms with E-state index in [0.717, 1.165) is 29.9 Å². The minimum Gasteiger partial charge on any atom is -0.457 e. The van der Waals surface area contributed by atoms with Gasteiger partial charge in [0.1, 0.15) is 11.5 Å². The molecule has 0 aliphatic heterocycles. The normalized spacial score (nSPS) is 10.3. The average molecular weight is 263 g/mol. The van der Waals surface area contributed by atoms with Crippen LogP contribution in [0.5, 0.6) is 11.5 Å². The third-order valence-corrected chi connectivity index (χ3v) is 2.82. The number of halogens is 1. The molecule has 0 spiro atoms. The van der Waals surface area contributed by atoms with E-state index < -0.39 is 0 Å². The summed E-state index contributed by atoms with van der Waals surface area (Å²) in [6, 6.07) is 15.2. The second-order valence-electron chi connectivity index (χ2n) is 4.03. The molecule has 0 radical (unpaired) electrons. The first-order valence-electron chi connectivity index (χ1n) is 5.91. The average Bonchev–Trinajstić information content (AvgIpc) is 2.40. The number of aliphatic hydroxyl groups excluding tert-OH is 1. The Bertz CT molecular complexity index is 494. The highest BCUT2D eigenvalue weighted by Crippen LogP contribution is 2.24. The second-order valence-corrected chi connectivity index (χ2v) is 4.47. The summed E-state index contributed by atoms with van der Waals surface area (Å²) in [4.78, 5) is 0. The van der Waals surface area contributed by atoms with E-state index >= 15 is 0 Å². The summed E-state index contributed by atoms with van der Waals surface area (Å²) in [6.07, 6.45) is 1.62. The van der Waals surface area contributed by atoms with E-state index in [9.17, 15) is 0 Å². The minimum atomic E-state index is 0.211. The fourth-order valence-corrected chi connectivity index (χ4v) is 1.81. The van der Waals surface area contributed by atoms with Gasteiger partial charge in [0, 0.05) is 11.6 Å². The molecule has 2 rings (SSSR count). The van der Waals surface area contributed by atoms with Gasteiger partial charge in [-0.25, -0.2) is 0 Å². The maximum atomic E-state index is 8.81. The molecule has 0 aliphatic rings. The van der Waals surface area contributed by atoms with Crippen LogP contribution in [-0.2, 0) is 6.42 Å². The van der Waals surface area contributed by atoms with Crippen molar-refractivity contribution in [2.75, 3.05) is 6.61 Å². The molecule has 0 aliphatic carbocycles. The van der Waals surface area contributed by atoms with Gasteiger partial charge in [0.15, 0.2) is 0 Å². The molecule has 0 fully saturated rings. The zero-order chi connectivity index (χ0) is 12.8. The number of aryl methyl sites for hydroxylation is 1. The van der Waals surface area contributed by atoms with Crippen LogP contribution in [0.1, 0.15) is 12.0 Å². The van der Waals surface area contributed by atoms with E-state index in [1.54, 1.807) is 12.1 Å². The standard InChI is InChI=1S/C15H15ClO2/c16-13-6-8-14(9-7-13)18-15-5-1-3-12(11-15)4-2-10-17/h1,3,5-9,11,17H,2,4,10H2. The molecule has 0 bridgehead atoms. The summed E-state index contributed by atoms with van der Waals surface area (Å²) in [7, 11) is 0. The summed E-state index contributed by atoms with van der Waals surface area (Å²) >= 11 is 5.82. The third-order valence-electron chi connectivity index (χ3n) is 2.57. The molecule has 0 saturated heterocycles. The van der Waals surface area contributed by atoms with E-state index in [1.807, 2.05) is 36.4 Å². The van der Waals surface area contributed by atoms with Crippen LogP contribution >= 0.6 is 11.6 Å². The predicted molar refractivity (Wildman–Crippen MR) is 73.4 cm³/mol. The molecule has 0 amide bonds. The molecule has 1 N–H and O–H groups in total. The number of hydrogen-bond donors (Lipinski definition) is 1. The van der Waals surface area contributed by atoms with Gasteiger partial charge in [-0.3, -0.25) is 0 Å². The van der Waals surface area contributed by atoms with Crippen molar-refractivity contribution in [2.24, 2.45) is 0 Å². The van der Waals surface area contributed by atoms with Crippen LogP contribution < -0.4 is 4.74 Å². The lowest BCUT2D eigenvalue weighted by molar-refractivity contribution is 0.288. The van der Waals surface area contributed by atoms with Crippen molar-refractivity contribution in [3.05, 3.63) is 59.1 Å². The summed E-state index contributed by atoms with van der Waals surface area (Å²) in [6.45, 7) is 0.211. The quantitative estimate of drug-likeness (QED) is 0.881. The van der Waals surface area contributed by atoms with Gasteiger partial charge in [0.25, 0.3) is 0 Å². The molecule has 0 heterocycles. The maximum absolute atomic E-state index is 8.81. The van der Waals surface area contributed by atoms with E-state index in [4.69, 9.17) is 21.4 Å². The highest BCUT2D eigenvalue weighted by molar-refractivity contribution is 6.30. The lowest BCUT2D eigenvalue weighted by atomic mass is 10.1. The Labute approximate surface area is 112 Å². The molecule has 0 atom stereocenters. The number of ether oxygens (including phenoxy) is 1. The molecule has 3 heteroatoms. The Morgan fingerprint density at radius 3 is 2.50 bits per heavy atom. The first kappa shape index (κ1) is 12.9. The molecule has 2 nitrogen and oxygen atoms in total. The molecule has 18 heavy (non-hydrogen) atoms. The molecule has 2 aromatic carbocycles. The second kappa shape index (κ2) is 6.43. The van der Waals surface area contributed by atoms with Crippen molar-refractivity contribution in [3.8, 4) is 11.5 Å². The summed E-state index contributed by atoms with van der Waals surface area (Å²) in [5.41, 5.74) is 1.16. The van der Waals surface area contributed by atoms with Gasteiger partial charge in [0.05, 0.1) is 0 Å². The van der Waals surface area contributed by atoms with Crippen LogP contribution in [0.15, 0.2) is 48.5 Å². The van der Waals surface area contributed by atoms with Crippen molar-refractivity contribution in [3.63, 3.8) is 0 Å². The maximum Gasteiger partial charge on any atom is 0.127 e. The zero-order valence-corrected chi connectivity index (χ0v) is 10.7. The van der Waals surface area contributed by atoms with Crippen LogP contribution in [-0.4, -0.2) is 11.7 Å². The van der Waals surface area contributed by atoms with Crippen LogP contribution in [0.2, 0.25) is 5.02 Å². The lowest BCUT2D eigenvalue weighted by Crippen LogP contribution is -1.90. The first-order chi connectivity index (χ1) is 8.78. The third kappa shape index (κ3) is 3.76. The number of rotatable bonds is 5. The molecule has 0 aromatic heterocycles. The van der Waals surface area contributed by atoms with E-state index in [1.165, 1.54) is 0 Å². The molecule has 0 saturated carbocycles. The molecular formula is C15H15ClO2. The monoisotopic (exact) mass is 262 g/mol. The van der Waals surface area contributed by atoms with Gasteiger partial charge in [0.2, 0.25) is 0 Å². The molecule has 94 valence electrons. The predicted octanol–water partition coefficient (Wildman–Crippen LogP) is 4.06. The Balaban J connectivity index is 2.06. The van der Waals surface area contributed by atoms with Crippen molar-refractivity contribution >= 4 is 11.6 Å². The minimum absolute atomic E-state index is 0.211. The zero-order valence-electron chi connectivity index (χ0n) is 9.97. The summed E-state index contributed by atoms with van der Waals surface area (Å²) < 4.78 is 5.73. The van der Waals surface area contributed by atoms with E-state index in [-0.39, 0.29) is 6.61 Å². The Morgan fingerprint density at radius 1 is 1.00 bits per heavy atom. The smallest absolute Gasteiger partial charge is 0.127 e. The van der Waals surface area contributed by atoms with Crippen molar-refractivity contribution in [2.45, 2.75) is 12.8 Å². The van der Waals surface area contributed by atoms with E-state index in [2.05, 4.69) is 0 Å². The van der Waals surface area contributed by atoms with E-state index in [0.29, 0.717) is 5.02 Å². The Kier molecular flexibility index (Phi) is 4.62. The fourth-order valence-electron chi connectivity index (χ4n) is 1.69. The number of hydrogen-bond acceptors (Lipinski definition) is 2. The molecule has 0 unspecified atom stereocenters. The van der Waals surface area contributed by atoms with Gasteiger partial charge in [-0.2, -0.15) is 0 Å². The molecular weight excluding hydrogens is 248 g/mol. The molecule has 2 aromatic rings. The highest BCUT2D eigenvalue weighted by Gasteiger charge is 1.99. The highest BCUT2D eigenvalue weighted by atomic mass is 35.5. The summed E-state index contributed by atoms with van der Waals surface area (Å²) in [5.74, 6) is 1.56. The first-order valence-corrected chi connectivity index (χ1v) is 6.29. The van der Waals surface area contributed by atoms with Gasteiger partial charge in [-0.15, -0.1) is 0 Å². The SMILES string of the molecule is OCCCc1cccc(Oc2ccc(Cl)cc2)c1.